The van der Waals surface area contributed by atoms with Gasteiger partial charge in [0.15, 0.2) is 0 Å². The van der Waals surface area contributed by atoms with Gasteiger partial charge in [-0.15, -0.1) is 0 Å². The van der Waals surface area contributed by atoms with Gasteiger partial charge in [0, 0.05) is 23.7 Å². The summed E-state index contributed by atoms with van der Waals surface area (Å²) in [4.78, 5) is 15.7. The van der Waals surface area contributed by atoms with Crippen LogP contribution in [0.5, 0.6) is 5.75 Å². The molecule has 0 saturated carbocycles. The third kappa shape index (κ3) is 7.04. The van der Waals surface area contributed by atoms with Gasteiger partial charge in [-0.25, -0.2) is 4.99 Å². The highest BCUT2D eigenvalue weighted by atomic mass is 32.2. The average Bonchev–Trinajstić information content (AvgIpc) is 2.83. The molecule has 0 aromatic heterocycles. The number of halogens is 3. The van der Waals surface area contributed by atoms with E-state index in [9.17, 15) is 18.0 Å². The molecular formula is C24H21F3N4O2S. The molecule has 0 saturated heterocycles. The molecule has 10 heteroatoms. The molecule has 0 aliphatic carbocycles. The smallest absolute Gasteiger partial charge is 0.448 e. The number of nitrogens with one attached hydrogen (secondary N) is 2. The van der Waals surface area contributed by atoms with E-state index in [0.717, 1.165) is 22.9 Å². The molecular weight excluding hydrogens is 465 g/mol. The predicted molar refractivity (Wildman–Crippen MR) is 130 cm³/mol. The van der Waals surface area contributed by atoms with Gasteiger partial charge in [-0.3, -0.25) is 4.79 Å². The van der Waals surface area contributed by atoms with E-state index in [0.29, 0.717) is 22.5 Å². The van der Waals surface area contributed by atoms with Gasteiger partial charge in [-0.2, -0.15) is 13.2 Å². The Kier molecular flexibility index (Phi) is 8.20. The SMILES string of the molecule is COc1ccc(NC(=O)/C=C/N=C(N)C(F)(F)F)cc1SNc1ccc(-c2ccccc2)cc1. The van der Waals surface area contributed by atoms with Gasteiger partial charge < -0.3 is 20.5 Å². The van der Waals surface area contributed by atoms with Gasteiger partial charge in [-0.1, -0.05) is 42.5 Å². The van der Waals surface area contributed by atoms with Crippen molar-refractivity contribution in [3.63, 3.8) is 0 Å². The van der Waals surface area contributed by atoms with Crippen molar-refractivity contribution in [1.82, 2.24) is 0 Å². The highest BCUT2D eigenvalue weighted by Gasteiger charge is 2.33. The molecule has 0 aliphatic rings. The second-order valence-corrected chi connectivity index (χ2v) is 7.68. The third-order valence-corrected chi connectivity index (χ3v) is 5.31. The summed E-state index contributed by atoms with van der Waals surface area (Å²) in [5, 5.41) is 2.56. The molecule has 0 radical (unpaired) electrons. The van der Waals surface area contributed by atoms with E-state index >= 15 is 0 Å². The maximum atomic E-state index is 12.3. The number of nitrogens with zero attached hydrogens (tertiary/aromatic N) is 1. The summed E-state index contributed by atoms with van der Waals surface area (Å²) >= 11 is 1.28. The second-order valence-electron chi connectivity index (χ2n) is 6.83. The van der Waals surface area contributed by atoms with Gasteiger partial charge in [0.2, 0.25) is 11.7 Å². The first-order valence-electron chi connectivity index (χ1n) is 9.90. The van der Waals surface area contributed by atoms with Crippen molar-refractivity contribution in [2.24, 2.45) is 10.7 Å². The molecule has 0 heterocycles. The number of amides is 1. The molecule has 3 rings (SSSR count). The molecule has 0 atom stereocenters. The molecule has 176 valence electrons. The third-order valence-electron chi connectivity index (χ3n) is 4.43. The van der Waals surface area contributed by atoms with Crippen molar-refractivity contribution in [2.45, 2.75) is 11.1 Å². The molecule has 3 aromatic rings. The average molecular weight is 487 g/mol. The Hall–Kier alpha value is -3.92. The number of carbonyl (C=O) groups excluding carboxylic acids is 1. The fourth-order valence-corrected chi connectivity index (χ4v) is 3.55. The van der Waals surface area contributed by atoms with Crippen molar-refractivity contribution in [2.75, 3.05) is 17.1 Å². The maximum absolute atomic E-state index is 12.3. The number of rotatable bonds is 8. The number of carbonyl (C=O) groups is 1. The lowest BCUT2D eigenvalue weighted by Crippen LogP contribution is -2.30. The second kappa shape index (κ2) is 11.3. The minimum Gasteiger partial charge on any atom is -0.496 e. The first-order chi connectivity index (χ1) is 16.3. The Morgan fingerprint density at radius 3 is 2.29 bits per heavy atom. The van der Waals surface area contributed by atoms with Crippen LogP contribution in [-0.4, -0.2) is 25.0 Å². The van der Waals surface area contributed by atoms with Crippen molar-refractivity contribution in [3.8, 4) is 16.9 Å². The molecule has 6 nitrogen and oxygen atoms in total. The van der Waals surface area contributed by atoms with Gasteiger partial charge >= 0.3 is 6.18 Å². The molecule has 0 aliphatic heterocycles. The van der Waals surface area contributed by atoms with Crippen LogP contribution in [-0.2, 0) is 4.79 Å². The van der Waals surface area contributed by atoms with Crippen molar-refractivity contribution >= 4 is 35.1 Å². The van der Waals surface area contributed by atoms with E-state index in [4.69, 9.17) is 10.5 Å². The number of alkyl halides is 3. The summed E-state index contributed by atoms with van der Waals surface area (Å²) in [5.41, 5.74) is 8.28. The van der Waals surface area contributed by atoms with Crippen LogP contribution in [0.3, 0.4) is 0 Å². The van der Waals surface area contributed by atoms with Crippen molar-refractivity contribution in [3.05, 3.63) is 85.1 Å². The Labute approximate surface area is 198 Å². The number of benzene rings is 3. The molecule has 1 amide bonds. The molecule has 0 fully saturated rings. The number of anilines is 2. The summed E-state index contributed by atoms with van der Waals surface area (Å²) in [5.74, 6) is -1.62. The van der Waals surface area contributed by atoms with Crippen LogP contribution < -0.4 is 20.5 Å². The Bertz CT molecular complexity index is 1180. The van der Waals surface area contributed by atoms with Crippen LogP contribution in [0.25, 0.3) is 11.1 Å². The predicted octanol–water partition coefficient (Wildman–Crippen LogP) is 5.85. The minimum atomic E-state index is -4.75. The largest absolute Gasteiger partial charge is 0.496 e. The van der Waals surface area contributed by atoms with E-state index in [1.54, 1.807) is 18.2 Å². The zero-order chi connectivity index (χ0) is 24.6. The Morgan fingerprint density at radius 1 is 1.00 bits per heavy atom. The number of hydrogen-bond acceptors (Lipinski definition) is 5. The van der Waals surface area contributed by atoms with Crippen LogP contribution in [0, 0.1) is 0 Å². The topological polar surface area (TPSA) is 88.7 Å². The fraction of sp³-hybridized carbons (Fsp3) is 0.0833. The highest BCUT2D eigenvalue weighted by molar-refractivity contribution is 8.00. The van der Waals surface area contributed by atoms with Crippen LogP contribution in [0.15, 0.2) is 95.0 Å². The van der Waals surface area contributed by atoms with Crippen LogP contribution in [0.2, 0.25) is 0 Å². The molecule has 0 spiro atoms. The van der Waals surface area contributed by atoms with Crippen LogP contribution in [0.4, 0.5) is 24.5 Å². The first-order valence-corrected chi connectivity index (χ1v) is 10.7. The lowest BCUT2D eigenvalue weighted by molar-refractivity contribution is -0.111. The van der Waals surface area contributed by atoms with Gasteiger partial charge in [0.1, 0.15) is 5.75 Å². The summed E-state index contributed by atoms with van der Waals surface area (Å²) in [6.45, 7) is 0. The van der Waals surface area contributed by atoms with E-state index in [-0.39, 0.29) is 0 Å². The van der Waals surface area contributed by atoms with Crippen molar-refractivity contribution < 1.29 is 22.7 Å². The molecule has 3 aromatic carbocycles. The van der Waals surface area contributed by atoms with E-state index in [1.165, 1.54) is 19.1 Å². The first kappa shape index (κ1) is 24.7. The van der Waals surface area contributed by atoms with E-state index in [1.807, 2.05) is 54.6 Å². The van der Waals surface area contributed by atoms with Gasteiger partial charge in [0.25, 0.3) is 0 Å². The number of nitrogens with two attached hydrogens (primary N) is 1. The highest BCUT2D eigenvalue weighted by Crippen LogP contribution is 2.33. The van der Waals surface area contributed by atoms with E-state index in [2.05, 4.69) is 15.0 Å². The normalized spacial score (nSPS) is 11.9. The van der Waals surface area contributed by atoms with Gasteiger partial charge in [-0.05, 0) is 53.4 Å². The zero-order valence-electron chi connectivity index (χ0n) is 18.0. The Morgan fingerprint density at radius 2 is 1.65 bits per heavy atom. The van der Waals surface area contributed by atoms with Crippen LogP contribution in [0.1, 0.15) is 0 Å². The summed E-state index contributed by atoms with van der Waals surface area (Å²) in [7, 11) is 1.53. The summed E-state index contributed by atoms with van der Waals surface area (Å²) < 4.78 is 45.6. The van der Waals surface area contributed by atoms with Crippen molar-refractivity contribution in [1.29, 1.82) is 0 Å². The standard InChI is InChI=1S/C24H21F3N4O2S/c1-33-20-12-11-19(30-22(32)13-14-29-23(28)24(25,26)27)15-21(20)34-31-18-9-7-17(8-10-18)16-5-3-2-4-6-16/h2-15,31H,1H3,(H2,28,29)(H,30,32)/b14-13+. The van der Waals surface area contributed by atoms with Gasteiger partial charge in [0.05, 0.1) is 12.0 Å². The summed E-state index contributed by atoms with van der Waals surface area (Å²) in [6, 6.07) is 22.9. The zero-order valence-corrected chi connectivity index (χ0v) is 18.8. The minimum absolute atomic E-state index is 0.423. The molecule has 4 N–H and O–H groups in total. The lowest BCUT2D eigenvalue weighted by atomic mass is 10.1. The number of amidine groups is 1. The van der Waals surface area contributed by atoms with Crippen LogP contribution >= 0.6 is 11.9 Å². The quantitative estimate of drug-likeness (QED) is 0.161. The molecule has 0 unspecified atom stereocenters. The number of methoxy groups -OCH3 is 1. The maximum Gasteiger partial charge on any atom is 0.448 e. The lowest BCUT2D eigenvalue weighted by Gasteiger charge is -2.12. The summed E-state index contributed by atoms with van der Waals surface area (Å²) in [6.07, 6.45) is -3.21. The fourth-order valence-electron chi connectivity index (χ4n) is 2.75. The monoisotopic (exact) mass is 486 g/mol. The number of aliphatic imine (C=N–C) groups is 1. The van der Waals surface area contributed by atoms with E-state index < -0.39 is 17.9 Å². The number of ether oxygens (including phenoxy) is 1. The molecule has 34 heavy (non-hydrogen) atoms. The Balaban J connectivity index is 1.64. The molecule has 0 bridgehead atoms. The number of hydrogen-bond donors (Lipinski definition) is 3.